The lowest BCUT2D eigenvalue weighted by Crippen LogP contribution is -2.35. The molecular weight excluding hydrogens is 364 g/mol. The quantitative estimate of drug-likeness (QED) is 0.733. The van der Waals surface area contributed by atoms with Gasteiger partial charge in [-0.25, -0.2) is 4.68 Å². The second-order valence-corrected chi connectivity index (χ2v) is 6.58. The van der Waals surface area contributed by atoms with Crippen molar-refractivity contribution in [2.45, 2.75) is 6.92 Å². The van der Waals surface area contributed by atoms with Gasteiger partial charge in [0.25, 0.3) is 5.91 Å². The topological polar surface area (TPSA) is 67.2 Å². The number of aromatic nitrogens is 2. The first-order valence-electron chi connectivity index (χ1n) is 8.36. The van der Waals surface area contributed by atoms with Gasteiger partial charge < -0.3 is 10.2 Å². The lowest BCUT2D eigenvalue weighted by Gasteiger charge is -2.15. The van der Waals surface area contributed by atoms with Crippen molar-refractivity contribution in [1.29, 1.82) is 0 Å². The number of likely N-dealkylation sites (N-methyl/N-ethyl adjacent to an activating group) is 1. The highest BCUT2D eigenvalue weighted by molar-refractivity contribution is 6.32. The summed E-state index contributed by atoms with van der Waals surface area (Å²) in [5.74, 6) is -0.625. The molecule has 138 valence electrons. The number of aryl methyl sites for hydroxylation is 1. The Hall–Kier alpha value is -3.12. The molecule has 3 rings (SSSR count). The molecule has 2 amide bonds. The zero-order valence-electron chi connectivity index (χ0n) is 15.0. The van der Waals surface area contributed by atoms with Crippen molar-refractivity contribution in [3.63, 3.8) is 0 Å². The molecule has 0 saturated heterocycles. The van der Waals surface area contributed by atoms with Crippen LogP contribution < -0.4 is 5.32 Å². The molecule has 0 radical (unpaired) electrons. The van der Waals surface area contributed by atoms with E-state index >= 15 is 0 Å². The first kappa shape index (κ1) is 18.7. The van der Waals surface area contributed by atoms with E-state index in [1.54, 1.807) is 25.4 Å². The fourth-order valence-electron chi connectivity index (χ4n) is 2.53. The molecule has 0 aliphatic carbocycles. The Balaban J connectivity index is 1.64. The second-order valence-electron chi connectivity index (χ2n) is 6.17. The molecule has 0 bridgehead atoms. The standard InChI is InChI=1S/C20H19ClN4O2/c1-14-7-9-15(10-8-14)22-19(26)13-24(2)20(27)17-11-12-25(23-17)18-6-4-3-5-16(18)21/h3-12H,13H2,1-2H3,(H,22,26). The Morgan fingerprint density at radius 2 is 1.81 bits per heavy atom. The highest BCUT2D eigenvalue weighted by atomic mass is 35.5. The van der Waals surface area contributed by atoms with Crippen LogP contribution in [0.25, 0.3) is 5.69 Å². The van der Waals surface area contributed by atoms with Crippen molar-refractivity contribution in [2.75, 3.05) is 18.9 Å². The van der Waals surface area contributed by atoms with Gasteiger partial charge in [0.15, 0.2) is 5.69 Å². The maximum atomic E-state index is 12.5. The molecule has 7 heteroatoms. The third-order valence-electron chi connectivity index (χ3n) is 3.97. The predicted octanol–water partition coefficient (Wildman–Crippen LogP) is 3.54. The number of amides is 2. The molecule has 6 nitrogen and oxygen atoms in total. The summed E-state index contributed by atoms with van der Waals surface area (Å²) in [5, 5.41) is 7.57. The van der Waals surface area contributed by atoms with Crippen LogP contribution in [0, 0.1) is 6.92 Å². The minimum Gasteiger partial charge on any atom is -0.331 e. The Bertz CT molecular complexity index is 966. The summed E-state index contributed by atoms with van der Waals surface area (Å²) in [6.45, 7) is 1.89. The summed E-state index contributed by atoms with van der Waals surface area (Å²) < 4.78 is 1.54. The molecule has 27 heavy (non-hydrogen) atoms. The summed E-state index contributed by atoms with van der Waals surface area (Å²) in [6.07, 6.45) is 1.66. The van der Waals surface area contributed by atoms with E-state index in [0.717, 1.165) is 5.56 Å². The number of hydrogen-bond acceptors (Lipinski definition) is 3. The molecule has 0 fully saturated rings. The van der Waals surface area contributed by atoms with Crippen LogP contribution in [0.15, 0.2) is 60.8 Å². The molecule has 1 N–H and O–H groups in total. The SMILES string of the molecule is Cc1ccc(NC(=O)CN(C)C(=O)c2ccn(-c3ccccc3Cl)n2)cc1. The molecule has 0 atom stereocenters. The highest BCUT2D eigenvalue weighted by Crippen LogP contribution is 2.19. The summed E-state index contributed by atoms with van der Waals surface area (Å²) in [6, 6.07) is 16.3. The summed E-state index contributed by atoms with van der Waals surface area (Å²) in [5.41, 5.74) is 2.71. The molecule has 0 spiro atoms. The van der Waals surface area contributed by atoms with E-state index < -0.39 is 0 Å². The highest BCUT2D eigenvalue weighted by Gasteiger charge is 2.18. The lowest BCUT2D eigenvalue weighted by atomic mass is 10.2. The number of anilines is 1. The van der Waals surface area contributed by atoms with Crippen LogP contribution in [0.3, 0.4) is 0 Å². The van der Waals surface area contributed by atoms with Crippen molar-refractivity contribution >= 4 is 29.1 Å². The fraction of sp³-hybridized carbons (Fsp3) is 0.150. The van der Waals surface area contributed by atoms with Crippen LogP contribution in [0.1, 0.15) is 16.1 Å². The molecule has 1 heterocycles. The van der Waals surface area contributed by atoms with Gasteiger partial charge in [0.2, 0.25) is 5.91 Å². The van der Waals surface area contributed by atoms with Gasteiger partial charge >= 0.3 is 0 Å². The summed E-state index contributed by atoms with van der Waals surface area (Å²) >= 11 is 6.16. The third-order valence-corrected chi connectivity index (χ3v) is 4.29. The summed E-state index contributed by atoms with van der Waals surface area (Å²) in [4.78, 5) is 26.0. The number of carbonyl (C=O) groups excluding carboxylic acids is 2. The number of nitrogens with zero attached hydrogens (tertiary/aromatic N) is 3. The first-order chi connectivity index (χ1) is 12.9. The number of carbonyl (C=O) groups is 2. The molecule has 0 aliphatic heterocycles. The van der Waals surface area contributed by atoms with E-state index in [0.29, 0.717) is 16.4 Å². The van der Waals surface area contributed by atoms with E-state index in [2.05, 4.69) is 10.4 Å². The van der Waals surface area contributed by atoms with Crippen molar-refractivity contribution < 1.29 is 9.59 Å². The van der Waals surface area contributed by atoms with E-state index in [4.69, 9.17) is 11.6 Å². The van der Waals surface area contributed by atoms with Gasteiger partial charge in [-0.05, 0) is 37.3 Å². The van der Waals surface area contributed by atoms with E-state index in [9.17, 15) is 9.59 Å². The first-order valence-corrected chi connectivity index (χ1v) is 8.74. The van der Waals surface area contributed by atoms with Gasteiger partial charge in [0.05, 0.1) is 17.3 Å². The van der Waals surface area contributed by atoms with Gasteiger partial charge in [-0.1, -0.05) is 41.4 Å². The number of halogens is 1. The molecule has 2 aromatic carbocycles. The maximum Gasteiger partial charge on any atom is 0.274 e. The van der Waals surface area contributed by atoms with E-state index in [1.165, 1.54) is 9.58 Å². The Kier molecular flexibility index (Phi) is 5.57. The normalized spacial score (nSPS) is 10.5. The average Bonchev–Trinajstić information content (AvgIpc) is 3.13. The van der Waals surface area contributed by atoms with Gasteiger partial charge in [-0.2, -0.15) is 5.10 Å². The van der Waals surface area contributed by atoms with Crippen LogP contribution in [-0.4, -0.2) is 40.1 Å². The Morgan fingerprint density at radius 1 is 1.11 bits per heavy atom. The molecule has 0 unspecified atom stereocenters. The predicted molar refractivity (Wildman–Crippen MR) is 105 cm³/mol. The average molecular weight is 383 g/mol. The minimum absolute atomic E-state index is 0.0777. The number of nitrogens with one attached hydrogen (secondary N) is 1. The molecule has 0 aliphatic rings. The van der Waals surface area contributed by atoms with Crippen LogP contribution in [0.2, 0.25) is 5.02 Å². The van der Waals surface area contributed by atoms with Crippen LogP contribution >= 0.6 is 11.6 Å². The summed E-state index contributed by atoms with van der Waals surface area (Å²) in [7, 11) is 1.56. The second kappa shape index (κ2) is 8.05. The number of hydrogen-bond donors (Lipinski definition) is 1. The molecule has 3 aromatic rings. The third kappa shape index (κ3) is 4.54. The minimum atomic E-state index is -0.347. The van der Waals surface area contributed by atoms with Crippen molar-refractivity contribution in [2.24, 2.45) is 0 Å². The van der Waals surface area contributed by atoms with Gasteiger partial charge in [0.1, 0.15) is 0 Å². The number of rotatable bonds is 5. The molecular formula is C20H19ClN4O2. The van der Waals surface area contributed by atoms with Crippen LogP contribution in [0.4, 0.5) is 5.69 Å². The van der Waals surface area contributed by atoms with E-state index in [1.807, 2.05) is 49.4 Å². The van der Waals surface area contributed by atoms with Crippen molar-refractivity contribution in [3.8, 4) is 5.69 Å². The molecule has 0 saturated carbocycles. The van der Waals surface area contributed by atoms with Crippen molar-refractivity contribution in [3.05, 3.63) is 77.1 Å². The fourth-order valence-corrected chi connectivity index (χ4v) is 2.75. The number of benzene rings is 2. The van der Waals surface area contributed by atoms with Crippen molar-refractivity contribution in [1.82, 2.24) is 14.7 Å². The zero-order valence-corrected chi connectivity index (χ0v) is 15.8. The number of para-hydroxylation sites is 1. The largest absolute Gasteiger partial charge is 0.331 e. The van der Waals surface area contributed by atoms with E-state index in [-0.39, 0.29) is 24.1 Å². The Labute approximate surface area is 162 Å². The Morgan fingerprint density at radius 3 is 2.52 bits per heavy atom. The molecule has 1 aromatic heterocycles. The van der Waals surface area contributed by atoms with Gasteiger partial charge in [-0.3, -0.25) is 9.59 Å². The lowest BCUT2D eigenvalue weighted by molar-refractivity contribution is -0.116. The zero-order chi connectivity index (χ0) is 19.4. The smallest absolute Gasteiger partial charge is 0.274 e. The maximum absolute atomic E-state index is 12.5. The van der Waals surface area contributed by atoms with Gasteiger partial charge in [0, 0.05) is 18.9 Å². The van der Waals surface area contributed by atoms with Crippen LogP contribution in [-0.2, 0) is 4.79 Å². The van der Waals surface area contributed by atoms with Gasteiger partial charge in [-0.15, -0.1) is 0 Å². The monoisotopic (exact) mass is 382 g/mol. The van der Waals surface area contributed by atoms with Crippen LogP contribution in [0.5, 0.6) is 0 Å².